The zero-order valence-corrected chi connectivity index (χ0v) is 18.7. The Morgan fingerprint density at radius 2 is 1.79 bits per heavy atom. The summed E-state index contributed by atoms with van der Waals surface area (Å²) in [6, 6.07) is 14.4. The summed E-state index contributed by atoms with van der Waals surface area (Å²) in [6.07, 6.45) is 11.7. The van der Waals surface area contributed by atoms with Gasteiger partial charge in [-0.1, -0.05) is 37.5 Å². The van der Waals surface area contributed by atoms with Crippen LogP contribution in [0.2, 0.25) is 0 Å². The Hall–Kier alpha value is -3.80. The fourth-order valence-corrected chi connectivity index (χ4v) is 5.13. The summed E-state index contributed by atoms with van der Waals surface area (Å²) in [7, 11) is 0. The number of anilines is 1. The number of pyridine rings is 2. The van der Waals surface area contributed by atoms with E-state index in [1.165, 1.54) is 37.7 Å². The van der Waals surface area contributed by atoms with Gasteiger partial charge in [0.1, 0.15) is 22.9 Å². The minimum absolute atomic E-state index is 0.457. The molecule has 164 valence electrons. The normalized spacial score (nSPS) is 14.8. The summed E-state index contributed by atoms with van der Waals surface area (Å²) >= 11 is 0. The topological polar surface area (TPSA) is 82.0 Å². The molecule has 6 rings (SSSR count). The van der Waals surface area contributed by atoms with Crippen molar-refractivity contribution < 1.29 is 0 Å². The van der Waals surface area contributed by atoms with Gasteiger partial charge >= 0.3 is 0 Å². The lowest BCUT2D eigenvalue weighted by Gasteiger charge is -2.20. The molecule has 0 atom stereocenters. The molecular formula is C27H26N6. The van der Waals surface area contributed by atoms with E-state index in [-0.39, 0.29) is 0 Å². The Morgan fingerprint density at radius 1 is 0.909 bits per heavy atom. The summed E-state index contributed by atoms with van der Waals surface area (Å²) < 4.78 is 2.15. The number of hydrogen-bond donors (Lipinski definition) is 1. The highest BCUT2D eigenvalue weighted by molar-refractivity contribution is 5.92. The molecule has 0 amide bonds. The van der Waals surface area contributed by atoms with Crippen molar-refractivity contribution in [2.45, 2.75) is 44.9 Å². The molecule has 1 fully saturated rings. The molecule has 6 heteroatoms. The number of imidazole rings is 1. The van der Waals surface area contributed by atoms with Gasteiger partial charge in [0, 0.05) is 35.5 Å². The number of benzene rings is 1. The van der Waals surface area contributed by atoms with Crippen LogP contribution >= 0.6 is 0 Å². The molecule has 5 aromatic rings. The number of aromatic nitrogens is 5. The average molecular weight is 435 g/mol. The minimum Gasteiger partial charge on any atom is -0.382 e. The second kappa shape index (κ2) is 7.96. The van der Waals surface area contributed by atoms with Gasteiger partial charge in [0.25, 0.3) is 0 Å². The van der Waals surface area contributed by atoms with Gasteiger partial charge in [0.2, 0.25) is 0 Å². The van der Waals surface area contributed by atoms with Gasteiger partial charge in [0.15, 0.2) is 0 Å². The number of aryl methyl sites for hydroxylation is 1. The fraction of sp³-hybridized carbons (Fsp3) is 0.259. The van der Waals surface area contributed by atoms with E-state index >= 15 is 0 Å². The van der Waals surface area contributed by atoms with Crippen molar-refractivity contribution in [2.75, 3.05) is 5.73 Å². The lowest BCUT2D eigenvalue weighted by molar-refractivity contribution is 0.428. The van der Waals surface area contributed by atoms with E-state index < -0.39 is 0 Å². The van der Waals surface area contributed by atoms with E-state index in [0.717, 1.165) is 44.9 Å². The Morgan fingerprint density at radius 3 is 2.61 bits per heavy atom. The van der Waals surface area contributed by atoms with E-state index in [9.17, 15) is 0 Å². The van der Waals surface area contributed by atoms with Crippen molar-refractivity contribution in [2.24, 2.45) is 0 Å². The van der Waals surface area contributed by atoms with Crippen LogP contribution in [0.5, 0.6) is 0 Å². The van der Waals surface area contributed by atoms with Gasteiger partial charge in [-0.2, -0.15) is 0 Å². The maximum atomic E-state index is 6.38. The second-order valence-electron chi connectivity index (χ2n) is 8.96. The van der Waals surface area contributed by atoms with Gasteiger partial charge in [-0.15, -0.1) is 0 Å². The van der Waals surface area contributed by atoms with E-state index in [4.69, 9.17) is 15.7 Å². The van der Waals surface area contributed by atoms with Crippen molar-refractivity contribution in [3.05, 3.63) is 72.4 Å². The van der Waals surface area contributed by atoms with E-state index in [2.05, 4.69) is 45.6 Å². The highest BCUT2D eigenvalue weighted by atomic mass is 15.1. The number of nitrogen functional groups attached to an aromatic ring is 1. The van der Waals surface area contributed by atoms with Crippen LogP contribution in [0.15, 0.2) is 61.1 Å². The first-order valence-electron chi connectivity index (χ1n) is 11.6. The molecule has 1 saturated carbocycles. The third-order valence-corrected chi connectivity index (χ3v) is 6.80. The Labute approximate surface area is 192 Å². The zero-order chi connectivity index (χ0) is 22.4. The van der Waals surface area contributed by atoms with Crippen LogP contribution in [0, 0.1) is 6.92 Å². The lowest BCUT2D eigenvalue weighted by Crippen LogP contribution is -2.09. The highest BCUT2D eigenvalue weighted by Crippen LogP contribution is 2.37. The van der Waals surface area contributed by atoms with E-state index in [1.54, 1.807) is 12.4 Å². The first-order valence-corrected chi connectivity index (χ1v) is 11.6. The maximum absolute atomic E-state index is 6.38. The Bertz CT molecular complexity index is 1470. The molecule has 2 N–H and O–H groups in total. The quantitative estimate of drug-likeness (QED) is 0.380. The summed E-state index contributed by atoms with van der Waals surface area (Å²) in [5, 5.41) is 1.13. The van der Waals surface area contributed by atoms with Crippen LogP contribution in [-0.4, -0.2) is 24.3 Å². The number of rotatable bonds is 3. The summed E-state index contributed by atoms with van der Waals surface area (Å²) in [6.45, 7) is 2.12. The Balaban J connectivity index is 1.53. The lowest BCUT2D eigenvalue weighted by atomic mass is 9.89. The molecule has 4 aromatic heterocycles. The molecule has 0 bridgehead atoms. The summed E-state index contributed by atoms with van der Waals surface area (Å²) in [4.78, 5) is 19.0. The van der Waals surface area contributed by atoms with Gasteiger partial charge in [-0.05, 0) is 49.6 Å². The minimum atomic E-state index is 0.457. The average Bonchev–Trinajstić information content (AvgIpc) is 3.26. The van der Waals surface area contributed by atoms with Crippen LogP contribution < -0.4 is 5.73 Å². The highest BCUT2D eigenvalue weighted by Gasteiger charge is 2.24. The second-order valence-corrected chi connectivity index (χ2v) is 8.96. The van der Waals surface area contributed by atoms with Crippen molar-refractivity contribution >= 4 is 22.2 Å². The molecule has 6 nitrogen and oxygen atoms in total. The first kappa shape index (κ1) is 19.9. The predicted octanol–water partition coefficient (Wildman–Crippen LogP) is 5.94. The van der Waals surface area contributed by atoms with Crippen LogP contribution in [0.1, 0.15) is 49.4 Å². The largest absolute Gasteiger partial charge is 0.382 e. The predicted molar refractivity (Wildman–Crippen MR) is 132 cm³/mol. The third kappa shape index (κ3) is 3.42. The molecule has 0 spiro atoms. The van der Waals surface area contributed by atoms with Crippen LogP contribution in [-0.2, 0) is 0 Å². The summed E-state index contributed by atoms with van der Waals surface area (Å²) in [5.41, 5.74) is 13.0. The monoisotopic (exact) mass is 434 g/mol. The molecule has 1 aliphatic rings. The maximum Gasteiger partial charge on any atom is 0.150 e. The SMILES string of the molecule is Cc1cc(-c2ccccn2)nc2cc(-c3nc(C4CCCCC4)n4ccnc(N)c34)ccc12. The van der Waals surface area contributed by atoms with Gasteiger partial charge < -0.3 is 5.73 Å². The van der Waals surface area contributed by atoms with Crippen molar-refractivity contribution in [3.63, 3.8) is 0 Å². The number of hydrogen-bond acceptors (Lipinski definition) is 5. The molecule has 1 aliphatic carbocycles. The molecular weight excluding hydrogens is 408 g/mol. The molecule has 1 aromatic carbocycles. The number of nitrogens with zero attached hydrogens (tertiary/aromatic N) is 5. The smallest absolute Gasteiger partial charge is 0.150 e. The van der Waals surface area contributed by atoms with Gasteiger partial charge in [-0.25, -0.2) is 15.0 Å². The molecule has 0 aliphatic heterocycles. The molecule has 0 unspecified atom stereocenters. The number of nitrogens with two attached hydrogens (primary N) is 1. The standard InChI is InChI=1S/C27H26N6/c1-17-15-23(21-9-5-6-12-29-21)31-22-16-19(10-11-20(17)22)24-25-26(28)30-13-14-33(25)27(32-24)18-7-3-2-4-8-18/h5-6,9-16,18H,2-4,7-8H2,1H3,(H2,28,30). The zero-order valence-electron chi connectivity index (χ0n) is 18.7. The van der Waals surface area contributed by atoms with Crippen LogP contribution in [0.4, 0.5) is 5.82 Å². The van der Waals surface area contributed by atoms with E-state index in [1.807, 2.05) is 24.4 Å². The molecule has 0 saturated heterocycles. The molecule has 0 radical (unpaired) electrons. The molecule has 4 heterocycles. The van der Waals surface area contributed by atoms with E-state index in [0.29, 0.717) is 11.7 Å². The van der Waals surface area contributed by atoms with Gasteiger partial charge in [0.05, 0.1) is 16.9 Å². The summed E-state index contributed by atoms with van der Waals surface area (Å²) in [5.74, 6) is 2.06. The first-order chi connectivity index (χ1) is 16.2. The van der Waals surface area contributed by atoms with Crippen molar-refractivity contribution in [3.8, 4) is 22.6 Å². The Kier molecular flexibility index (Phi) is 4.79. The van der Waals surface area contributed by atoms with Crippen LogP contribution in [0.3, 0.4) is 0 Å². The third-order valence-electron chi connectivity index (χ3n) is 6.80. The van der Waals surface area contributed by atoms with Crippen molar-refractivity contribution in [1.29, 1.82) is 0 Å². The number of fused-ring (bicyclic) bond motifs is 2. The molecule has 33 heavy (non-hydrogen) atoms. The fourth-order valence-electron chi connectivity index (χ4n) is 5.13. The van der Waals surface area contributed by atoms with Crippen LogP contribution in [0.25, 0.3) is 39.1 Å². The van der Waals surface area contributed by atoms with Crippen molar-refractivity contribution in [1.82, 2.24) is 24.3 Å². The van der Waals surface area contributed by atoms with Gasteiger partial charge in [-0.3, -0.25) is 9.38 Å².